The second-order valence-electron chi connectivity index (χ2n) is 4.54. The van der Waals surface area contributed by atoms with Gasteiger partial charge in [0.2, 0.25) is 10.7 Å². The number of aromatic nitrogens is 3. The lowest BCUT2D eigenvalue weighted by Gasteiger charge is -2.12. The molecular weight excluding hydrogens is 338 g/mol. The maximum atomic E-state index is 10.8. The van der Waals surface area contributed by atoms with Gasteiger partial charge in [0.1, 0.15) is 11.8 Å². The van der Waals surface area contributed by atoms with Crippen molar-refractivity contribution < 1.29 is 14.6 Å². The number of carboxylic acids is 1. The number of carboxylic acid groups (broad SMARTS) is 1. The lowest BCUT2D eigenvalue weighted by Crippen LogP contribution is -2.25. The highest BCUT2D eigenvalue weighted by Gasteiger charge is 2.09. The molecular formula is C13H15N5O3S2. The van der Waals surface area contributed by atoms with Gasteiger partial charge >= 0.3 is 5.97 Å². The summed E-state index contributed by atoms with van der Waals surface area (Å²) < 4.78 is 6.15. The van der Waals surface area contributed by atoms with E-state index in [1.54, 1.807) is 31.2 Å². The first-order valence-corrected chi connectivity index (χ1v) is 7.42. The molecule has 0 amide bonds. The Balaban J connectivity index is 1.87. The fourth-order valence-corrected chi connectivity index (χ4v) is 2.08. The van der Waals surface area contributed by atoms with Crippen molar-refractivity contribution in [2.45, 2.75) is 13.0 Å². The Kier molecular flexibility index (Phi) is 5.66. The minimum Gasteiger partial charge on any atom is -0.480 e. The van der Waals surface area contributed by atoms with Gasteiger partial charge in [0.15, 0.2) is 11.5 Å². The van der Waals surface area contributed by atoms with Crippen molar-refractivity contribution in [2.75, 3.05) is 17.4 Å². The highest BCUT2D eigenvalue weighted by atomic mass is 32.1. The molecule has 2 aromatic rings. The van der Waals surface area contributed by atoms with Gasteiger partial charge in [-0.3, -0.25) is 4.79 Å². The molecule has 8 nitrogen and oxygen atoms in total. The van der Waals surface area contributed by atoms with Crippen LogP contribution in [-0.2, 0) is 4.79 Å². The van der Waals surface area contributed by atoms with Gasteiger partial charge < -0.3 is 30.4 Å². The van der Waals surface area contributed by atoms with Crippen LogP contribution in [0, 0.1) is 9.54 Å². The number of carbonyl (C=O) groups is 1. The van der Waals surface area contributed by atoms with Gasteiger partial charge in [0.25, 0.3) is 0 Å². The summed E-state index contributed by atoms with van der Waals surface area (Å²) in [5, 5.41) is 14.6. The van der Waals surface area contributed by atoms with Crippen LogP contribution in [0.5, 0.6) is 5.75 Å². The summed E-state index contributed by atoms with van der Waals surface area (Å²) in [4.78, 5) is 20.3. The number of ether oxygens (including phenoxy) is 1. The third kappa shape index (κ3) is 5.34. The van der Waals surface area contributed by atoms with Crippen LogP contribution in [-0.4, -0.2) is 38.8 Å². The largest absolute Gasteiger partial charge is 0.480 e. The van der Waals surface area contributed by atoms with E-state index in [1.165, 1.54) is 0 Å². The summed E-state index contributed by atoms with van der Waals surface area (Å²) in [5.74, 6) is 0.110. The molecule has 1 unspecified atom stereocenters. The van der Waals surface area contributed by atoms with Crippen LogP contribution in [0.15, 0.2) is 24.3 Å². The zero-order valence-electron chi connectivity index (χ0n) is 12.1. The molecule has 23 heavy (non-hydrogen) atoms. The highest BCUT2D eigenvalue weighted by molar-refractivity contribution is 7.71. The van der Waals surface area contributed by atoms with Crippen LogP contribution in [0.4, 0.5) is 11.6 Å². The first-order valence-electron chi connectivity index (χ1n) is 6.61. The summed E-state index contributed by atoms with van der Waals surface area (Å²) in [6.07, 6.45) is 0. The second-order valence-corrected chi connectivity index (χ2v) is 5.33. The van der Waals surface area contributed by atoms with Crippen LogP contribution in [0.2, 0.25) is 0 Å². The average Bonchev–Trinajstić information content (AvgIpc) is 2.48. The molecule has 0 saturated heterocycles. The lowest BCUT2D eigenvalue weighted by atomic mass is 10.2. The number of hydrogen-bond acceptors (Lipinski definition) is 7. The predicted molar refractivity (Wildman–Crippen MR) is 90.9 cm³/mol. The molecule has 10 heteroatoms. The van der Waals surface area contributed by atoms with E-state index < -0.39 is 12.0 Å². The van der Waals surface area contributed by atoms with Crippen molar-refractivity contribution in [3.05, 3.63) is 33.8 Å². The molecule has 122 valence electrons. The molecule has 5 N–H and O–H groups in total. The van der Waals surface area contributed by atoms with Gasteiger partial charge in [-0.1, -0.05) is 0 Å². The number of rotatable bonds is 7. The third-order valence-corrected chi connectivity index (χ3v) is 3.15. The molecule has 1 aromatic carbocycles. The smallest absolute Gasteiger partial charge is 0.325 e. The predicted octanol–water partition coefficient (Wildman–Crippen LogP) is 2.53. The maximum Gasteiger partial charge on any atom is 0.325 e. The number of H-pyrrole nitrogens is 2. The van der Waals surface area contributed by atoms with Gasteiger partial charge in [-0.2, -0.15) is 4.98 Å². The zero-order valence-corrected chi connectivity index (χ0v) is 13.8. The average molecular weight is 353 g/mol. The monoisotopic (exact) mass is 353 g/mol. The van der Waals surface area contributed by atoms with Gasteiger partial charge in [0, 0.05) is 5.69 Å². The summed E-state index contributed by atoms with van der Waals surface area (Å²) >= 11 is 9.87. The minimum absolute atomic E-state index is 0.162. The number of nitrogens with zero attached hydrogens (tertiary/aromatic N) is 1. The topological polar surface area (TPSA) is 115 Å². The molecule has 0 aliphatic rings. The molecule has 0 bridgehead atoms. The van der Waals surface area contributed by atoms with Crippen molar-refractivity contribution in [3.8, 4) is 5.75 Å². The van der Waals surface area contributed by atoms with Gasteiger partial charge in [0.05, 0.1) is 0 Å². The maximum absolute atomic E-state index is 10.8. The van der Waals surface area contributed by atoms with E-state index in [0.717, 1.165) is 0 Å². The van der Waals surface area contributed by atoms with Crippen LogP contribution in [0.25, 0.3) is 0 Å². The molecule has 2 rings (SSSR count). The van der Waals surface area contributed by atoms with Gasteiger partial charge in [-0.25, -0.2) is 0 Å². The lowest BCUT2D eigenvalue weighted by molar-refractivity contribution is -0.137. The molecule has 0 aliphatic heterocycles. The quantitative estimate of drug-likeness (QED) is 0.381. The first kappa shape index (κ1) is 16.9. The van der Waals surface area contributed by atoms with E-state index in [2.05, 4.69) is 25.6 Å². The number of aromatic amines is 2. The standard InChI is InChI=1S/C13H15N5O3S2/c1-7(10(19)20)15-8-2-4-9(5-3-8)21-6-14-11-16-12(22)18-13(23)17-11/h2-5,7,15H,6H2,1H3,(H,19,20)(H3,14,16,17,18,22,23). The van der Waals surface area contributed by atoms with E-state index >= 15 is 0 Å². The molecule has 0 spiro atoms. The summed E-state index contributed by atoms with van der Waals surface area (Å²) in [6.45, 7) is 1.73. The number of aliphatic carboxylic acids is 1. The SMILES string of the molecule is CC(Nc1ccc(OCNc2nc(=S)[nH]c(=S)[nH]2)cc1)C(=O)O. The molecule has 0 saturated carbocycles. The number of benzene rings is 1. The van der Waals surface area contributed by atoms with E-state index in [-0.39, 0.29) is 11.5 Å². The van der Waals surface area contributed by atoms with E-state index in [0.29, 0.717) is 22.2 Å². The number of hydrogen-bond donors (Lipinski definition) is 5. The summed E-state index contributed by atoms with van der Waals surface area (Å²) in [5.41, 5.74) is 0.695. The van der Waals surface area contributed by atoms with E-state index in [9.17, 15) is 4.79 Å². The fourth-order valence-electron chi connectivity index (χ4n) is 1.62. The van der Waals surface area contributed by atoms with E-state index in [4.69, 9.17) is 34.3 Å². The Hall–Kier alpha value is -2.46. The van der Waals surface area contributed by atoms with Crippen molar-refractivity contribution in [2.24, 2.45) is 0 Å². The van der Waals surface area contributed by atoms with Crippen LogP contribution >= 0.6 is 24.4 Å². The molecule has 1 aromatic heterocycles. The Bertz CT molecular complexity index is 759. The second kappa shape index (κ2) is 7.70. The van der Waals surface area contributed by atoms with Crippen molar-refractivity contribution in [1.29, 1.82) is 0 Å². The van der Waals surface area contributed by atoms with Crippen molar-refractivity contribution >= 4 is 42.0 Å². The molecule has 0 aliphatic carbocycles. The summed E-state index contributed by atoms with van der Waals surface area (Å²) in [7, 11) is 0. The van der Waals surface area contributed by atoms with Crippen LogP contribution in [0.1, 0.15) is 6.92 Å². The normalized spacial score (nSPS) is 11.5. The summed E-state index contributed by atoms with van der Waals surface area (Å²) in [6, 6.07) is 6.26. The van der Waals surface area contributed by atoms with Crippen LogP contribution < -0.4 is 15.4 Å². The molecule has 1 atom stereocenters. The third-order valence-electron chi connectivity index (χ3n) is 2.75. The van der Waals surface area contributed by atoms with E-state index in [1.807, 2.05) is 0 Å². The highest BCUT2D eigenvalue weighted by Crippen LogP contribution is 2.16. The zero-order chi connectivity index (χ0) is 16.8. The fraction of sp³-hybridized carbons (Fsp3) is 0.231. The minimum atomic E-state index is -0.916. The number of anilines is 2. The first-order chi connectivity index (χ1) is 10.9. The van der Waals surface area contributed by atoms with Crippen molar-refractivity contribution in [1.82, 2.24) is 15.0 Å². The molecule has 0 fully saturated rings. The van der Waals surface area contributed by atoms with Crippen molar-refractivity contribution in [3.63, 3.8) is 0 Å². The number of nitrogens with one attached hydrogen (secondary N) is 4. The molecule has 0 radical (unpaired) electrons. The Morgan fingerprint density at radius 3 is 2.65 bits per heavy atom. The Morgan fingerprint density at radius 2 is 2.04 bits per heavy atom. The van der Waals surface area contributed by atoms with Crippen LogP contribution in [0.3, 0.4) is 0 Å². The van der Waals surface area contributed by atoms with Gasteiger partial charge in [-0.15, -0.1) is 0 Å². The Labute approximate surface area is 141 Å². The van der Waals surface area contributed by atoms with Gasteiger partial charge in [-0.05, 0) is 55.6 Å². The Morgan fingerprint density at radius 1 is 1.35 bits per heavy atom. The molecule has 1 heterocycles.